The SMILES string of the molecule is COc1ccccc1Cn1cncc1CCN. The van der Waals surface area contributed by atoms with Gasteiger partial charge in [0, 0.05) is 23.9 Å². The summed E-state index contributed by atoms with van der Waals surface area (Å²) in [5.74, 6) is 0.903. The average molecular weight is 231 g/mol. The van der Waals surface area contributed by atoms with Gasteiger partial charge in [-0.1, -0.05) is 18.2 Å². The van der Waals surface area contributed by atoms with E-state index in [1.165, 1.54) is 0 Å². The molecule has 90 valence electrons. The van der Waals surface area contributed by atoms with E-state index >= 15 is 0 Å². The van der Waals surface area contributed by atoms with Crippen LogP contribution in [0.1, 0.15) is 11.3 Å². The van der Waals surface area contributed by atoms with Gasteiger partial charge >= 0.3 is 0 Å². The number of para-hydroxylation sites is 1. The molecule has 0 spiro atoms. The summed E-state index contributed by atoms with van der Waals surface area (Å²) in [6.07, 6.45) is 4.54. The molecule has 0 unspecified atom stereocenters. The maximum Gasteiger partial charge on any atom is 0.123 e. The van der Waals surface area contributed by atoms with E-state index in [1.807, 2.05) is 30.7 Å². The maximum absolute atomic E-state index is 5.57. The highest BCUT2D eigenvalue weighted by Gasteiger charge is 2.05. The fraction of sp³-hybridized carbons (Fsp3) is 0.308. The highest BCUT2D eigenvalue weighted by atomic mass is 16.5. The number of imidazole rings is 1. The fourth-order valence-corrected chi connectivity index (χ4v) is 1.86. The molecule has 4 heteroatoms. The first-order chi connectivity index (χ1) is 8.35. The number of nitrogens with two attached hydrogens (primary N) is 1. The summed E-state index contributed by atoms with van der Waals surface area (Å²) in [5.41, 5.74) is 7.87. The standard InChI is InChI=1S/C13H17N3O/c1-17-13-5-3-2-4-11(13)9-16-10-15-8-12(16)6-7-14/h2-5,8,10H,6-7,9,14H2,1H3. The number of hydrogen-bond acceptors (Lipinski definition) is 3. The first-order valence-electron chi connectivity index (χ1n) is 5.66. The predicted octanol–water partition coefficient (Wildman–Crippen LogP) is 1.44. The van der Waals surface area contributed by atoms with E-state index in [9.17, 15) is 0 Å². The number of ether oxygens (including phenoxy) is 1. The normalized spacial score (nSPS) is 10.5. The van der Waals surface area contributed by atoms with Gasteiger partial charge in [-0.05, 0) is 12.6 Å². The van der Waals surface area contributed by atoms with Crippen molar-refractivity contribution in [2.45, 2.75) is 13.0 Å². The van der Waals surface area contributed by atoms with E-state index < -0.39 is 0 Å². The van der Waals surface area contributed by atoms with E-state index in [2.05, 4.69) is 15.6 Å². The second-order valence-corrected chi connectivity index (χ2v) is 3.86. The third-order valence-electron chi connectivity index (χ3n) is 2.73. The van der Waals surface area contributed by atoms with Gasteiger partial charge in [-0.15, -0.1) is 0 Å². The van der Waals surface area contributed by atoms with Crippen LogP contribution in [0.2, 0.25) is 0 Å². The number of rotatable bonds is 5. The van der Waals surface area contributed by atoms with E-state index in [4.69, 9.17) is 10.5 Å². The molecular weight excluding hydrogens is 214 g/mol. The molecule has 0 aliphatic carbocycles. The molecule has 2 N–H and O–H groups in total. The van der Waals surface area contributed by atoms with Crippen LogP contribution in [0.4, 0.5) is 0 Å². The minimum atomic E-state index is 0.637. The lowest BCUT2D eigenvalue weighted by atomic mass is 10.2. The summed E-state index contributed by atoms with van der Waals surface area (Å²) in [5, 5.41) is 0. The third kappa shape index (κ3) is 2.65. The maximum atomic E-state index is 5.57. The highest BCUT2D eigenvalue weighted by Crippen LogP contribution is 2.19. The lowest BCUT2D eigenvalue weighted by molar-refractivity contribution is 0.408. The zero-order chi connectivity index (χ0) is 12.1. The minimum Gasteiger partial charge on any atom is -0.496 e. The van der Waals surface area contributed by atoms with Crippen LogP contribution in [0.5, 0.6) is 5.75 Å². The molecule has 0 aliphatic heterocycles. The summed E-state index contributed by atoms with van der Waals surface area (Å²) in [6.45, 7) is 1.40. The Balaban J connectivity index is 2.22. The Labute approximate surface area is 101 Å². The Bertz CT molecular complexity index is 479. The van der Waals surface area contributed by atoms with Crippen molar-refractivity contribution in [3.63, 3.8) is 0 Å². The van der Waals surface area contributed by atoms with Crippen molar-refractivity contribution < 1.29 is 4.74 Å². The van der Waals surface area contributed by atoms with Gasteiger partial charge in [0.2, 0.25) is 0 Å². The molecule has 0 amide bonds. The molecule has 17 heavy (non-hydrogen) atoms. The molecule has 2 aromatic rings. The van der Waals surface area contributed by atoms with Gasteiger partial charge in [-0.2, -0.15) is 0 Å². The van der Waals surface area contributed by atoms with E-state index in [0.29, 0.717) is 6.54 Å². The zero-order valence-electron chi connectivity index (χ0n) is 9.97. The summed E-state index contributed by atoms with van der Waals surface area (Å²) < 4.78 is 7.44. The molecule has 2 rings (SSSR count). The molecule has 0 fully saturated rings. The highest BCUT2D eigenvalue weighted by molar-refractivity contribution is 5.33. The Morgan fingerprint density at radius 1 is 1.35 bits per heavy atom. The van der Waals surface area contributed by atoms with Gasteiger partial charge in [0.1, 0.15) is 5.75 Å². The van der Waals surface area contributed by atoms with Crippen molar-refractivity contribution in [1.82, 2.24) is 9.55 Å². The number of benzene rings is 1. The van der Waals surface area contributed by atoms with Crippen LogP contribution in [-0.4, -0.2) is 23.2 Å². The van der Waals surface area contributed by atoms with E-state index in [-0.39, 0.29) is 0 Å². The van der Waals surface area contributed by atoms with Crippen molar-refractivity contribution in [3.05, 3.63) is 48.0 Å². The smallest absolute Gasteiger partial charge is 0.123 e. The molecule has 0 bridgehead atoms. The minimum absolute atomic E-state index is 0.637. The number of aromatic nitrogens is 2. The topological polar surface area (TPSA) is 53.1 Å². The first kappa shape index (κ1) is 11.7. The van der Waals surface area contributed by atoms with Crippen molar-refractivity contribution in [1.29, 1.82) is 0 Å². The molecule has 0 saturated heterocycles. The van der Waals surface area contributed by atoms with Crippen molar-refractivity contribution in [3.8, 4) is 5.75 Å². The van der Waals surface area contributed by atoms with Gasteiger partial charge in [0.15, 0.2) is 0 Å². The van der Waals surface area contributed by atoms with E-state index in [1.54, 1.807) is 7.11 Å². The molecular formula is C13H17N3O. The van der Waals surface area contributed by atoms with Crippen LogP contribution in [0.15, 0.2) is 36.8 Å². The van der Waals surface area contributed by atoms with Gasteiger partial charge in [-0.3, -0.25) is 0 Å². The second-order valence-electron chi connectivity index (χ2n) is 3.86. The average Bonchev–Trinajstić information content (AvgIpc) is 2.78. The number of methoxy groups -OCH3 is 1. The molecule has 1 heterocycles. The molecule has 0 saturated carbocycles. The molecule has 1 aromatic heterocycles. The summed E-state index contributed by atoms with van der Waals surface area (Å²) in [4.78, 5) is 4.16. The van der Waals surface area contributed by atoms with E-state index in [0.717, 1.165) is 30.0 Å². The van der Waals surface area contributed by atoms with Crippen molar-refractivity contribution in [2.75, 3.05) is 13.7 Å². The molecule has 0 aliphatic rings. The van der Waals surface area contributed by atoms with Crippen LogP contribution in [0, 0.1) is 0 Å². The van der Waals surface area contributed by atoms with Crippen molar-refractivity contribution in [2.24, 2.45) is 5.73 Å². The van der Waals surface area contributed by atoms with Crippen LogP contribution in [0.25, 0.3) is 0 Å². The Morgan fingerprint density at radius 3 is 2.94 bits per heavy atom. The van der Waals surface area contributed by atoms with Gasteiger partial charge < -0.3 is 15.0 Å². The summed E-state index contributed by atoms with van der Waals surface area (Å²) >= 11 is 0. The molecule has 0 radical (unpaired) electrons. The number of nitrogens with zero attached hydrogens (tertiary/aromatic N) is 2. The third-order valence-corrected chi connectivity index (χ3v) is 2.73. The molecule has 1 aromatic carbocycles. The molecule has 0 atom stereocenters. The van der Waals surface area contributed by atoms with Crippen LogP contribution >= 0.6 is 0 Å². The van der Waals surface area contributed by atoms with Crippen LogP contribution in [0.3, 0.4) is 0 Å². The predicted molar refractivity (Wildman–Crippen MR) is 67.1 cm³/mol. The Morgan fingerprint density at radius 2 is 2.18 bits per heavy atom. The fourth-order valence-electron chi connectivity index (χ4n) is 1.86. The largest absolute Gasteiger partial charge is 0.496 e. The lowest BCUT2D eigenvalue weighted by Gasteiger charge is -2.11. The van der Waals surface area contributed by atoms with Gasteiger partial charge in [0.25, 0.3) is 0 Å². The Kier molecular flexibility index (Phi) is 3.77. The lowest BCUT2D eigenvalue weighted by Crippen LogP contribution is -2.09. The molecule has 4 nitrogen and oxygen atoms in total. The van der Waals surface area contributed by atoms with Crippen LogP contribution < -0.4 is 10.5 Å². The van der Waals surface area contributed by atoms with Gasteiger partial charge in [0.05, 0.1) is 20.0 Å². The summed E-state index contributed by atoms with van der Waals surface area (Å²) in [6, 6.07) is 8.01. The zero-order valence-corrected chi connectivity index (χ0v) is 9.97. The monoisotopic (exact) mass is 231 g/mol. The first-order valence-corrected chi connectivity index (χ1v) is 5.66. The second kappa shape index (κ2) is 5.50. The van der Waals surface area contributed by atoms with Crippen LogP contribution in [-0.2, 0) is 13.0 Å². The quantitative estimate of drug-likeness (QED) is 0.847. The Hall–Kier alpha value is -1.81. The van der Waals surface area contributed by atoms with Gasteiger partial charge in [-0.25, -0.2) is 4.98 Å². The summed E-state index contributed by atoms with van der Waals surface area (Å²) in [7, 11) is 1.69. The number of hydrogen-bond donors (Lipinski definition) is 1. The van der Waals surface area contributed by atoms with Crippen molar-refractivity contribution >= 4 is 0 Å².